The summed E-state index contributed by atoms with van der Waals surface area (Å²) in [5, 5.41) is 25.2. The SMILES string of the molecule is CS(=O)(=O)O.N/C(=N\O)c1ccc2oc(/C=C/c3cc4cc(/C(N)=N/O)ccc4o3)cc2c1. The fourth-order valence-electron chi connectivity index (χ4n) is 2.89. The first-order chi connectivity index (χ1) is 15.6. The maximum absolute atomic E-state index is 9.19. The fraction of sp³-hybridized carbons (Fsp3) is 0.0476. The van der Waals surface area contributed by atoms with Gasteiger partial charge in [-0.25, -0.2) is 0 Å². The number of oxime groups is 2. The van der Waals surface area contributed by atoms with Crippen LogP contribution in [0.1, 0.15) is 22.6 Å². The van der Waals surface area contributed by atoms with Gasteiger partial charge in [0, 0.05) is 21.9 Å². The van der Waals surface area contributed by atoms with E-state index in [1.807, 2.05) is 12.1 Å². The molecule has 33 heavy (non-hydrogen) atoms. The van der Waals surface area contributed by atoms with Gasteiger partial charge in [0.15, 0.2) is 11.7 Å². The van der Waals surface area contributed by atoms with Crippen molar-refractivity contribution in [3.63, 3.8) is 0 Å². The lowest BCUT2D eigenvalue weighted by Crippen LogP contribution is -2.12. The van der Waals surface area contributed by atoms with Crippen molar-refractivity contribution in [3.05, 3.63) is 71.2 Å². The lowest BCUT2D eigenvalue weighted by molar-refractivity contribution is 0.318. The molecule has 2 heterocycles. The van der Waals surface area contributed by atoms with E-state index in [2.05, 4.69) is 10.3 Å². The van der Waals surface area contributed by atoms with Crippen molar-refractivity contribution in [2.24, 2.45) is 21.8 Å². The summed E-state index contributed by atoms with van der Waals surface area (Å²) in [6, 6.07) is 14.2. The van der Waals surface area contributed by atoms with Crippen LogP contribution in [0.3, 0.4) is 0 Å². The molecule has 12 heteroatoms. The van der Waals surface area contributed by atoms with Crippen LogP contribution in [0.4, 0.5) is 0 Å². The molecule has 0 radical (unpaired) electrons. The number of nitrogens with two attached hydrogens (primary N) is 2. The van der Waals surface area contributed by atoms with E-state index in [4.69, 9.17) is 35.3 Å². The number of hydrogen-bond donors (Lipinski definition) is 5. The van der Waals surface area contributed by atoms with E-state index in [1.54, 1.807) is 48.6 Å². The summed E-state index contributed by atoms with van der Waals surface area (Å²) in [6.07, 6.45) is 4.28. The smallest absolute Gasteiger partial charge is 0.261 e. The third-order valence-electron chi connectivity index (χ3n) is 4.29. The van der Waals surface area contributed by atoms with Gasteiger partial charge in [0.25, 0.3) is 10.1 Å². The number of nitrogens with zero attached hydrogens (tertiary/aromatic N) is 2. The third kappa shape index (κ3) is 6.12. The first-order valence-corrected chi connectivity index (χ1v) is 11.1. The zero-order valence-corrected chi connectivity index (χ0v) is 18.0. The summed E-state index contributed by atoms with van der Waals surface area (Å²) >= 11 is 0. The molecule has 7 N–H and O–H groups in total. The predicted molar refractivity (Wildman–Crippen MR) is 124 cm³/mol. The van der Waals surface area contributed by atoms with E-state index in [0.717, 1.165) is 10.8 Å². The van der Waals surface area contributed by atoms with Crippen LogP contribution in [0, 0.1) is 0 Å². The maximum atomic E-state index is 9.19. The topological polar surface area (TPSA) is 198 Å². The Kier molecular flexibility index (Phi) is 6.70. The highest BCUT2D eigenvalue weighted by Gasteiger charge is 2.07. The van der Waals surface area contributed by atoms with Crippen molar-refractivity contribution in [1.29, 1.82) is 0 Å². The van der Waals surface area contributed by atoms with Crippen LogP contribution in [-0.4, -0.2) is 41.3 Å². The van der Waals surface area contributed by atoms with Crippen molar-refractivity contribution in [1.82, 2.24) is 0 Å². The van der Waals surface area contributed by atoms with Gasteiger partial charge in [-0.3, -0.25) is 4.55 Å². The molecule has 4 aromatic rings. The van der Waals surface area contributed by atoms with Crippen LogP contribution >= 0.6 is 0 Å². The van der Waals surface area contributed by atoms with Gasteiger partial charge in [0.1, 0.15) is 22.7 Å². The Morgan fingerprint density at radius 3 is 1.52 bits per heavy atom. The monoisotopic (exact) mass is 472 g/mol. The van der Waals surface area contributed by atoms with Gasteiger partial charge in [-0.05, 0) is 60.7 Å². The molecular weight excluding hydrogens is 452 g/mol. The van der Waals surface area contributed by atoms with E-state index in [1.165, 1.54) is 0 Å². The predicted octanol–water partition coefficient (Wildman–Crippen LogP) is 3.04. The Bertz CT molecular complexity index is 1390. The minimum Gasteiger partial charge on any atom is -0.457 e. The minimum absolute atomic E-state index is 0.0358. The van der Waals surface area contributed by atoms with Gasteiger partial charge >= 0.3 is 0 Å². The Balaban J connectivity index is 0.000000555. The molecule has 0 spiro atoms. The minimum atomic E-state index is -3.67. The van der Waals surface area contributed by atoms with Gasteiger partial charge in [-0.15, -0.1) is 0 Å². The number of rotatable bonds is 4. The second kappa shape index (κ2) is 9.46. The van der Waals surface area contributed by atoms with Crippen molar-refractivity contribution in [2.45, 2.75) is 0 Å². The lowest BCUT2D eigenvalue weighted by Gasteiger charge is -1.96. The summed E-state index contributed by atoms with van der Waals surface area (Å²) < 4.78 is 37.4. The molecule has 2 aromatic carbocycles. The highest BCUT2D eigenvalue weighted by atomic mass is 32.2. The molecule has 0 saturated carbocycles. The van der Waals surface area contributed by atoms with Crippen LogP contribution in [-0.2, 0) is 10.1 Å². The summed E-state index contributed by atoms with van der Waals surface area (Å²) in [5.74, 6) is 1.33. The van der Waals surface area contributed by atoms with Crippen molar-refractivity contribution < 1.29 is 32.2 Å². The first kappa shape index (κ1) is 23.4. The van der Waals surface area contributed by atoms with E-state index >= 15 is 0 Å². The average Bonchev–Trinajstić information content (AvgIpc) is 3.37. The second-order valence-corrected chi connectivity index (χ2v) is 8.31. The summed E-state index contributed by atoms with van der Waals surface area (Å²) in [4.78, 5) is 0. The van der Waals surface area contributed by atoms with E-state index in [-0.39, 0.29) is 11.7 Å². The highest BCUT2D eigenvalue weighted by molar-refractivity contribution is 7.85. The number of fused-ring (bicyclic) bond motifs is 2. The molecule has 0 saturated heterocycles. The number of furan rings is 2. The van der Waals surface area contributed by atoms with Crippen LogP contribution in [0.2, 0.25) is 0 Å². The molecule has 2 aromatic heterocycles. The summed E-state index contributed by atoms with van der Waals surface area (Å²) in [7, 11) is -3.67. The van der Waals surface area contributed by atoms with E-state index in [9.17, 15) is 8.42 Å². The van der Waals surface area contributed by atoms with Gasteiger partial charge < -0.3 is 30.7 Å². The average molecular weight is 472 g/mol. The summed E-state index contributed by atoms with van der Waals surface area (Å²) in [5.41, 5.74) is 13.8. The third-order valence-corrected chi connectivity index (χ3v) is 4.29. The normalized spacial score (nSPS) is 12.9. The molecular formula is C21H20N4O7S. The van der Waals surface area contributed by atoms with Crippen LogP contribution in [0.5, 0.6) is 0 Å². The van der Waals surface area contributed by atoms with E-state index in [0.29, 0.717) is 40.1 Å². The van der Waals surface area contributed by atoms with Crippen molar-refractivity contribution in [3.8, 4) is 0 Å². The molecule has 172 valence electrons. The van der Waals surface area contributed by atoms with Gasteiger partial charge in [-0.2, -0.15) is 8.42 Å². The molecule has 0 unspecified atom stereocenters. The standard InChI is InChI=1S/C20H16N4O4.CH4O3S/c21-19(23-25)11-1-5-17-13(7-11)9-15(27-17)3-4-16-10-14-8-12(20(22)24-26)2-6-18(14)28-16;1-5(2,3)4/h1-10,25-26H,(H2,21,23)(H2,22,24);1H3,(H,2,3,4)/b4-3+;. The van der Waals surface area contributed by atoms with Gasteiger partial charge in [0.2, 0.25) is 0 Å². The van der Waals surface area contributed by atoms with Crippen LogP contribution < -0.4 is 11.5 Å². The molecule has 0 aliphatic heterocycles. The summed E-state index contributed by atoms with van der Waals surface area (Å²) in [6.45, 7) is 0. The lowest BCUT2D eigenvalue weighted by atomic mass is 10.1. The second-order valence-electron chi connectivity index (χ2n) is 6.84. The van der Waals surface area contributed by atoms with Crippen molar-refractivity contribution >= 4 is 55.9 Å². The number of amidine groups is 2. The highest BCUT2D eigenvalue weighted by Crippen LogP contribution is 2.25. The van der Waals surface area contributed by atoms with Crippen LogP contribution in [0.25, 0.3) is 34.1 Å². The fourth-order valence-corrected chi connectivity index (χ4v) is 2.89. The molecule has 4 rings (SSSR count). The van der Waals surface area contributed by atoms with Crippen molar-refractivity contribution in [2.75, 3.05) is 6.26 Å². The number of hydrogen-bond acceptors (Lipinski definition) is 8. The zero-order chi connectivity index (χ0) is 24.2. The first-order valence-electron chi connectivity index (χ1n) is 9.21. The molecule has 0 bridgehead atoms. The molecule has 0 atom stereocenters. The zero-order valence-electron chi connectivity index (χ0n) is 17.2. The van der Waals surface area contributed by atoms with Crippen LogP contribution in [0.15, 0.2) is 67.7 Å². The Labute approximate surface area is 187 Å². The van der Waals surface area contributed by atoms with Gasteiger partial charge in [0.05, 0.1) is 6.26 Å². The van der Waals surface area contributed by atoms with Gasteiger partial charge in [-0.1, -0.05) is 10.3 Å². The molecule has 0 aliphatic rings. The quantitative estimate of drug-likeness (QED) is 0.0973. The Morgan fingerprint density at radius 2 is 1.18 bits per heavy atom. The molecule has 0 amide bonds. The molecule has 0 fully saturated rings. The molecule has 11 nitrogen and oxygen atoms in total. The number of benzene rings is 2. The molecule has 0 aliphatic carbocycles. The Hall–Kier alpha value is -4.29. The Morgan fingerprint density at radius 1 is 0.818 bits per heavy atom. The maximum Gasteiger partial charge on any atom is 0.261 e. The van der Waals surface area contributed by atoms with E-state index < -0.39 is 10.1 Å². The largest absolute Gasteiger partial charge is 0.457 e.